The van der Waals surface area contributed by atoms with Crippen molar-refractivity contribution < 1.29 is 30.7 Å². The van der Waals surface area contributed by atoms with Gasteiger partial charge in [-0.1, -0.05) is 18.2 Å². The van der Waals surface area contributed by atoms with Gasteiger partial charge in [-0.15, -0.1) is 0 Å². The molecule has 10 heteroatoms. The van der Waals surface area contributed by atoms with E-state index in [0.29, 0.717) is 36.6 Å². The number of imidazole rings is 1. The third-order valence-corrected chi connectivity index (χ3v) is 6.00. The SMILES string of the molecule is FC(F)(F)C(F)(c1ccc2c(c1)CCC1C2CCN1Cc1ncc[nH]1)C(F)(F)F. The van der Waals surface area contributed by atoms with Crippen molar-refractivity contribution in [3.05, 3.63) is 53.1 Å². The van der Waals surface area contributed by atoms with Crippen LogP contribution < -0.4 is 0 Å². The van der Waals surface area contributed by atoms with E-state index < -0.39 is 23.6 Å². The van der Waals surface area contributed by atoms with Crippen molar-refractivity contribution in [1.29, 1.82) is 0 Å². The Balaban J connectivity index is 1.64. The molecule has 3 nitrogen and oxygen atoms in total. The Labute approximate surface area is 161 Å². The van der Waals surface area contributed by atoms with E-state index in [2.05, 4.69) is 14.9 Å². The highest BCUT2D eigenvalue weighted by Crippen LogP contribution is 2.54. The number of aromatic amines is 1. The predicted molar refractivity (Wildman–Crippen MR) is 89.8 cm³/mol. The average Bonchev–Trinajstić information content (AvgIpc) is 3.29. The number of fused-ring (bicyclic) bond motifs is 3. The first-order valence-electron chi connectivity index (χ1n) is 9.20. The van der Waals surface area contributed by atoms with E-state index in [-0.39, 0.29) is 12.0 Å². The van der Waals surface area contributed by atoms with Crippen LogP contribution >= 0.6 is 0 Å². The lowest BCUT2D eigenvalue weighted by Gasteiger charge is -2.35. The maximum Gasteiger partial charge on any atom is 0.435 e. The standard InChI is InChI=1S/C19H18F7N3/c20-17(18(21,22)23,19(24,25)26)12-2-3-13-11(9-12)1-4-15-14(13)5-8-29(15)10-16-27-6-7-28-16/h2-3,6-7,9,14-15H,1,4-5,8,10H2,(H,27,28). The van der Waals surface area contributed by atoms with Crippen molar-refractivity contribution >= 4 is 0 Å². The molecule has 158 valence electrons. The fourth-order valence-electron chi connectivity index (χ4n) is 4.63. The number of hydrogen-bond acceptors (Lipinski definition) is 2. The van der Waals surface area contributed by atoms with E-state index in [0.717, 1.165) is 24.9 Å². The van der Waals surface area contributed by atoms with Crippen molar-refractivity contribution in [2.75, 3.05) is 6.54 Å². The number of hydrogen-bond donors (Lipinski definition) is 1. The van der Waals surface area contributed by atoms with Crippen molar-refractivity contribution in [2.45, 2.75) is 55.8 Å². The molecule has 0 bridgehead atoms. The highest BCUT2D eigenvalue weighted by molar-refractivity contribution is 5.41. The van der Waals surface area contributed by atoms with Gasteiger partial charge in [0.25, 0.3) is 0 Å². The molecule has 2 atom stereocenters. The van der Waals surface area contributed by atoms with Gasteiger partial charge >= 0.3 is 18.0 Å². The number of halogens is 7. The molecule has 1 saturated heterocycles. The Bertz CT molecular complexity index is 859. The van der Waals surface area contributed by atoms with Gasteiger partial charge in [-0.2, -0.15) is 26.3 Å². The first-order valence-corrected chi connectivity index (χ1v) is 9.20. The van der Waals surface area contributed by atoms with Gasteiger partial charge in [-0.05, 0) is 36.9 Å². The third-order valence-electron chi connectivity index (χ3n) is 6.00. The normalized spacial score (nSPS) is 23.1. The van der Waals surface area contributed by atoms with Gasteiger partial charge in [0.15, 0.2) is 0 Å². The molecule has 2 aromatic rings. The molecular weight excluding hydrogens is 403 g/mol. The number of H-pyrrole nitrogens is 1. The molecule has 1 aliphatic carbocycles. The molecule has 1 aromatic heterocycles. The summed E-state index contributed by atoms with van der Waals surface area (Å²) in [5, 5.41) is 0. The highest BCUT2D eigenvalue weighted by Gasteiger charge is 2.73. The molecule has 1 aromatic carbocycles. The maximum absolute atomic E-state index is 14.4. The topological polar surface area (TPSA) is 31.9 Å². The summed E-state index contributed by atoms with van der Waals surface area (Å²) in [6.07, 6.45) is -7.22. The summed E-state index contributed by atoms with van der Waals surface area (Å²) in [6, 6.07) is 2.75. The van der Waals surface area contributed by atoms with Gasteiger partial charge in [-0.25, -0.2) is 9.37 Å². The lowest BCUT2D eigenvalue weighted by atomic mass is 9.77. The summed E-state index contributed by atoms with van der Waals surface area (Å²) in [5.74, 6) is 0.790. The number of nitrogens with one attached hydrogen (secondary N) is 1. The minimum atomic E-state index is -6.09. The van der Waals surface area contributed by atoms with Crippen LogP contribution in [0, 0.1) is 0 Å². The minimum absolute atomic E-state index is 0.00598. The van der Waals surface area contributed by atoms with Crippen LogP contribution in [-0.4, -0.2) is 39.8 Å². The fraction of sp³-hybridized carbons (Fsp3) is 0.526. The van der Waals surface area contributed by atoms with E-state index in [9.17, 15) is 30.7 Å². The Morgan fingerprint density at radius 2 is 1.76 bits per heavy atom. The van der Waals surface area contributed by atoms with Crippen LogP contribution in [0.5, 0.6) is 0 Å². The zero-order valence-corrected chi connectivity index (χ0v) is 15.1. The van der Waals surface area contributed by atoms with Crippen molar-refractivity contribution in [3.8, 4) is 0 Å². The molecule has 0 amide bonds. The van der Waals surface area contributed by atoms with Crippen LogP contribution in [0.15, 0.2) is 30.6 Å². The average molecular weight is 421 g/mol. The Morgan fingerprint density at radius 1 is 1.03 bits per heavy atom. The van der Waals surface area contributed by atoms with E-state index in [1.54, 1.807) is 12.4 Å². The number of benzene rings is 1. The summed E-state index contributed by atoms with van der Waals surface area (Å²) in [6.45, 7) is 1.34. The predicted octanol–water partition coefficient (Wildman–Crippen LogP) is 5.00. The summed E-state index contributed by atoms with van der Waals surface area (Å²) in [5.41, 5.74) is -5.72. The van der Waals surface area contributed by atoms with Gasteiger partial charge in [0.2, 0.25) is 0 Å². The van der Waals surface area contributed by atoms with Crippen LogP contribution in [0.1, 0.15) is 41.3 Å². The van der Waals surface area contributed by atoms with E-state index >= 15 is 0 Å². The van der Waals surface area contributed by atoms with Gasteiger partial charge in [0.1, 0.15) is 5.82 Å². The van der Waals surface area contributed by atoms with E-state index in [1.165, 1.54) is 6.07 Å². The summed E-state index contributed by atoms with van der Waals surface area (Å²) < 4.78 is 92.7. The second-order valence-corrected chi connectivity index (χ2v) is 7.58. The van der Waals surface area contributed by atoms with Crippen LogP contribution in [-0.2, 0) is 18.6 Å². The fourth-order valence-corrected chi connectivity index (χ4v) is 4.63. The van der Waals surface area contributed by atoms with Gasteiger partial charge in [0.05, 0.1) is 6.54 Å². The van der Waals surface area contributed by atoms with Gasteiger partial charge < -0.3 is 4.98 Å². The van der Waals surface area contributed by atoms with Crippen LogP contribution in [0.25, 0.3) is 0 Å². The summed E-state index contributed by atoms with van der Waals surface area (Å²) in [4.78, 5) is 9.43. The van der Waals surface area contributed by atoms with Crippen LogP contribution in [0.4, 0.5) is 30.7 Å². The van der Waals surface area contributed by atoms with Crippen molar-refractivity contribution in [2.24, 2.45) is 0 Å². The smallest absolute Gasteiger partial charge is 0.348 e. The second kappa shape index (κ2) is 6.72. The molecule has 0 radical (unpaired) electrons. The summed E-state index contributed by atoms with van der Waals surface area (Å²) in [7, 11) is 0. The zero-order valence-electron chi connectivity index (χ0n) is 15.1. The molecule has 2 unspecified atom stereocenters. The molecule has 29 heavy (non-hydrogen) atoms. The molecule has 4 rings (SSSR count). The van der Waals surface area contributed by atoms with Crippen LogP contribution in [0.2, 0.25) is 0 Å². The van der Waals surface area contributed by atoms with E-state index in [1.807, 2.05) is 0 Å². The molecule has 1 fully saturated rings. The van der Waals surface area contributed by atoms with Gasteiger partial charge in [-0.3, -0.25) is 4.90 Å². The first kappa shape index (κ1) is 20.2. The summed E-state index contributed by atoms with van der Waals surface area (Å²) >= 11 is 0. The minimum Gasteiger partial charge on any atom is -0.348 e. The Hall–Kier alpha value is -2.10. The second-order valence-electron chi connectivity index (χ2n) is 7.58. The monoisotopic (exact) mass is 421 g/mol. The molecular formula is C19H18F7N3. The van der Waals surface area contributed by atoms with Gasteiger partial charge in [0, 0.05) is 29.9 Å². The third kappa shape index (κ3) is 3.21. The maximum atomic E-state index is 14.4. The molecule has 0 saturated carbocycles. The number of aromatic nitrogens is 2. The zero-order chi connectivity index (χ0) is 21.0. The molecule has 0 spiro atoms. The van der Waals surface area contributed by atoms with Crippen LogP contribution in [0.3, 0.4) is 0 Å². The lowest BCUT2D eigenvalue weighted by Crippen LogP contribution is -2.50. The number of likely N-dealkylation sites (tertiary alicyclic amines) is 1. The Kier molecular flexibility index (Phi) is 4.67. The van der Waals surface area contributed by atoms with E-state index in [4.69, 9.17) is 0 Å². The highest BCUT2D eigenvalue weighted by atomic mass is 19.4. The first-order chi connectivity index (χ1) is 13.5. The number of alkyl halides is 7. The molecule has 1 aliphatic heterocycles. The molecule has 2 heterocycles. The molecule has 1 N–H and O–H groups in total. The largest absolute Gasteiger partial charge is 0.435 e. The van der Waals surface area contributed by atoms with Crippen molar-refractivity contribution in [1.82, 2.24) is 14.9 Å². The lowest BCUT2D eigenvalue weighted by molar-refractivity contribution is -0.348. The number of rotatable bonds is 3. The number of aryl methyl sites for hydroxylation is 1. The Morgan fingerprint density at radius 3 is 2.38 bits per heavy atom. The quantitative estimate of drug-likeness (QED) is 0.708. The molecule has 2 aliphatic rings. The van der Waals surface area contributed by atoms with Crippen molar-refractivity contribution in [3.63, 3.8) is 0 Å². The number of nitrogens with zero attached hydrogens (tertiary/aromatic N) is 2.